The number of esters is 1. The second-order valence-electron chi connectivity index (χ2n) is 4.10. The summed E-state index contributed by atoms with van der Waals surface area (Å²) in [5, 5.41) is 12.2. The molecule has 0 saturated carbocycles. The Bertz CT molecular complexity index is 546. The van der Waals surface area contributed by atoms with Crippen LogP contribution in [-0.4, -0.2) is 23.2 Å². The lowest BCUT2D eigenvalue weighted by molar-refractivity contribution is 0.0594. The van der Waals surface area contributed by atoms with Crippen molar-refractivity contribution in [2.75, 3.05) is 12.4 Å². The third-order valence-electron chi connectivity index (χ3n) is 2.77. The van der Waals surface area contributed by atoms with E-state index in [1.807, 2.05) is 30.3 Å². The summed E-state index contributed by atoms with van der Waals surface area (Å²) in [6.45, 7) is 0.620. The molecule has 0 aliphatic carbocycles. The Morgan fingerprint density at radius 2 is 2.00 bits per heavy atom. The summed E-state index contributed by atoms with van der Waals surface area (Å²) in [6.07, 6.45) is 0. The number of aliphatic hydroxyl groups is 1. The van der Waals surface area contributed by atoms with Crippen molar-refractivity contribution in [1.82, 2.24) is 4.98 Å². The second kappa shape index (κ2) is 6.06. The van der Waals surface area contributed by atoms with E-state index in [2.05, 4.69) is 15.0 Å². The molecule has 0 fully saturated rings. The highest BCUT2D eigenvalue weighted by atomic mass is 16.5. The van der Waals surface area contributed by atoms with E-state index in [0.717, 1.165) is 16.9 Å². The Kier molecular flexibility index (Phi) is 4.20. The van der Waals surface area contributed by atoms with Gasteiger partial charge in [0.1, 0.15) is 5.69 Å². The molecular weight excluding hydrogens is 244 g/mol. The van der Waals surface area contributed by atoms with Crippen LogP contribution in [0.5, 0.6) is 0 Å². The molecule has 0 aliphatic rings. The topological polar surface area (TPSA) is 74.3 Å². The summed E-state index contributed by atoms with van der Waals surface area (Å²) < 4.78 is 4.62. The summed E-state index contributed by atoms with van der Waals surface area (Å²) >= 11 is 0. The van der Waals surface area contributed by atoms with Crippen LogP contribution in [0.3, 0.4) is 0 Å². The second-order valence-corrected chi connectivity index (χ2v) is 4.10. The number of rotatable bonds is 5. The normalized spacial score (nSPS) is 10.2. The maximum absolute atomic E-state index is 11.3. The number of H-pyrrole nitrogens is 1. The number of anilines is 1. The maximum atomic E-state index is 11.3. The van der Waals surface area contributed by atoms with Gasteiger partial charge in [0, 0.05) is 11.4 Å². The van der Waals surface area contributed by atoms with Crippen molar-refractivity contribution in [1.29, 1.82) is 0 Å². The van der Waals surface area contributed by atoms with E-state index in [0.29, 0.717) is 12.2 Å². The molecule has 2 aromatic rings. The van der Waals surface area contributed by atoms with Crippen LogP contribution in [0.1, 0.15) is 21.7 Å². The lowest BCUT2D eigenvalue weighted by atomic mass is 10.2. The van der Waals surface area contributed by atoms with Crippen molar-refractivity contribution in [3.63, 3.8) is 0 Å². The molecule has 5 nitrogen and oxygen atoms in total. The first kappa shape index (κ1) is 13.2. The summed E-state index contributed by atoms with van der Waals surface area (Å²) in [5.74, 6) is -0.376. The molecule has 0 saturated heterocycles. The SMILES string of the molecule is COC(=O)c1ccc(CNc2ccc(CO)cc2)[nH]1. The van der Waals surface area contributed by atoms with Gasteiger partial charge in [-0.1, -0.05) is 12.1 Å². The largest absolute Gasteiger partial charge is 0.464 e. The lowest BCUT2D eigenvalue weighted by Gasteiger charge is -2.05. The van der Waals surface area contributed by atoms with E-state index < -0.39 is 0 Å². The van der Waals surface area contributed by atoms with Gasteiger partial charge in [-0.3, -0.25) is 0 Å². The van der Waals surface area contributed by atoms with Gasteiger partial charge in [-0.25, -0.2) is 4.79 Å². The van der Waals surface area contributed by atoms with Gasteiger partial charge in [0.15, 0.2) is 0 Å². The molecule has 0 aliphatic heterocycles. The number of benzene rings is 1. The summed E-state index contributed by atoms with van der Waals surface area (Å²) in [5.41, 5.74) is 3.16. The number of hydrogen-bond acceptors (Lipinski definition) is 4. The molecule has 2 rings (SSSR count). The van der Waals surface area contributed by atoms with E-state index in [9.17, 15) is 4.79 Å². The Hall–Kier alpha value is -2.27. The van der Waals surface area contributed by atoms with E-state index >= 15 is 0 Å². The lowest BCUT2D eigenvalue weighted by Crippen LogP contribution is -2.03. The molecule has 0 atom stereocenters. The third kappa shape index (κ3) is 3.35. The number of nitrogens with one attached hydrogen (secondary N) is 2. The van der Waals surface area contributed by atoms with Gasteiger partial charge in [-0.15, -0.1) is 0 Å². The van der Waals surface area contributed by atoms with Crippen molar-refractivity contribution >= 4 is 11.7 Å². The minimum atomic E-state index is -0.376. The van der Waals surface area contributed by atoms with Crippen LogP contribution < -0.4 is 5.32 Å². The zero-order valence-corrected chi connectivity index (χ0v) is 10.6. The van der Waals surface area contributed by atoms with Crippen LogP contribution in [0, 0.1) is 0 Å². The Morgan fingerprint density at radius 1 is 1.26 bits per heavy atom. The van der Waals surface area contributed by atoms with Gasteiger partial charge in [0.05, 0.1) is 20.3 Å². The molecule has 1 aromatic heterocycles. The molecular formula is C14H16N2O3. The highest BCUT2D eigenvalue weighted by Gasteiger charge is 2.07. The van der Waals surface area contributed by atoms with Crippen molar-refractivity contribution in [2.24, 2.45) is 0 Å². The minimum Gasteiger partial charge on any atom is -0.464 e. The van der Waals surface area contributed by atoms with Crippen LogP contribution >= 0.6 is 0 Å². The number of methoxy groups -OCH3 is 1. The van der Waals surface area contributed by atoms with Crippen molar-refractivity contribution in [3.8, 4) is 0 Å². The van der Waals surface area contributed by atoms with E-state index in [1.54, 1.807) is 6.07 Å². The molecule has 0 unspecified atom stereocenters. The van der Waals surface area contributed by atoms with Crippen molar-refractivity contribution in [3.05, 3.63) is 53.3 Å². The molecule has 0 radical (unpaired) electrons. The molecule has 1 heterocycles. The fraction of sp³-hybridized carbons (Fsp3) is 0.214. The molecule has 100 valence electrons. The number of carbonyl (C=O) groups excluding carboxylic acids is 1. The number of aliphatic hydroxyl groups excluding tert-OH is 1. The highest BCUT2D eigenvalue weighted by molar-refractivity contribution is 5.87. The number of hydrogen-bond donors (Lipinski definition) is 3. The smallest absolute Gasteiger partial charge is 0.354 e. The van der Waals surface area contributed by atoms with Gasteiger partial charge in [0.2, 0.25) is 0 Å². The van der Waals surface area contributed by atoms with Crippen LogP contribution in [0.2, 0.25) is 0 Å². The van der Waals surface area contributed by atoms with Gasteiger partial charge in [-0.2, -0.15) is 0 Å². The highest BCUT2D eigenvalue weighted by Crippen LogP contribution is 2.11. The monoisotopic (exact) mass is 260 g/mol. The third-order valence-corrected chi connectivity index (χ3v) is 2.77. The first-order chi connectivity index (χ1) is 9.22. The fourth-order valence-corrected chi connectivity index (χ4v) is 1.70. The molecule has 0 spiro atoms. The van der Waals surface area contributed by atoms with Crippen molar-refractivity contribution < 1.29 is 14.6 Å². The number of ether oxygens (including phenoxy) is 1. The van der Waals surface area contributed by atoms with Crippen LogP contribution in [0.25, 0.3) is 0 Å². The molecule has 5 heteroatoms. The van der Waals surface area contributed by atoms with Crippen LogP contribution in [-0.2, 0) is 17.9 Å². The molecule has 19 heavy (non-hydrogen) atoms. The minimum absolute atomic E-state index is 0.0411. The molecule has 0 bridgehead atoms. The Balaban J connectivity index is 1.94. The van der Waals surface area contributed by atoms with Crippen molar-refractivity contribution in [2.45, 2.75) is 13.2 Å². The zero-order valence-electron chi connectivity index (χ0n) is 10.6. The quantitative estimate of drug-likeness (QED) is 0.718. The number of carbonyl (C=O) groups is 1. The first-order valence-corrected chi connectivity index (χ1v) is 5.93. The van der Waals surface area contributed by atoms with E-state index in [1.165, 1.54) is 7.11 Å². The van der Waals surface area contributed by atoms with Gasteiger partial charge in [0.25, 0.3) is 0 Å². The Morgan fingerprint density at radius 3 is 2.63 bits per heavy atom. The van der Waals surface area contributed by atoms with E-state index in [4.69, 9.17) is 5.11 Å². The average Bonchev–Trinajstić information content (AvgIpc) is 2.93. The number of aromatic amines is 1. The summed E-state index contributed by atoms with van der Waals surface area (Å²) in [7, 11) is 1.35. The average molecular weight is 260 g/mol. The van der Waals surface area contributed by atoms with E-state index in [-0.39, 0.29) is 12.6 Å². The number of aromatic nitrogens is 1. The first-order valence-electron chi connectivity index (χ1n) is 5.93. The molecule has 1 aromatic carbocycles. The van der Waals surface area contributed by atoms with Gasteiger partial charge < -0.3 is 20.1 Å². The summed E-state index contributed by atoms with van der Waals surface area (Å²) in [6, 6.07) is 11.0. The van der Waals surface area contributed by atoms with Gasteiger partial charge in [-0.05, 0) is 29.8 Å². The van der Waals surface area contributed by atoms with Gasteiger partial charge >= 0.3 is 5.97 Å². The predicted octanol–water partition coefficient (Wildman–Crippen LogP) is 1.91. The maximum Gasteiger partial charge on any atom is 0.354 e. The molecule has 3 N–H and O–H groups in total. The zero-order chi connectivity index (χ0) is 13.7. The van der Waals surface area contributed by atoms with Crippen LogP contribution in [0.15, 0.2) is 36.4 Å². The molecule has 0 amide bonds. The fourth-order valence-electron chi connectivity index (χ4n) is 1.70. The standard InChI is InChI=1S/C14H16N2O3/c1-19-14(18)13-7-6-12(16-13)8-15-11-4-2-10(9-17)3-5-11/h2-7,15-17H,8-9H2,1H3. The Labute approximate surface area is 111 Å². The summed E-state index contributed by atoms with van der Waals surface area (Å²) in [4.78, 5) is 14.3. The van der Waals surface area contributed by atoms with Crippen LogP contribution in [0.4, 0.5) is 5.69 Å². The predicted molar refractivity (Wildman–Crippen MR) is 71.8 cm³/mol.